The van der Waals surface area contributed by atoms with Crippen LogP contribution in [0.3, 0.4) is 0 Å². The van der Waals surface area contributed by atoms with Crippen molar-refractivity contribution in [1.82, 2.24) is 20.1 Å². The van der Waals surface area contributed by atoms with E-state index in [2.05, 4.69) is 161 Å². The molecular formula is C56H70N8. The van der Waals surface area contributed by atoms with Crippen LogP contribution in [0.4, 0.5) is 5.82 Å². The Labute approximate surface area is 383 Å². The Hall–Kier alpha value is -6.02. The zero-order chi connectivity index (χ0) is 45.6. The maximum Gasteiger partial charge on any atom is 0.134 e. The molecule has 2 aromatic carbocycles. The van der Waals surface area contributed by atoms with Crippen LogP contribution in [0.5, 0.6) is 0 Å². The van der Waals surface area contributed by atoms with E-state index in [9.17, 15) is 0 Å². The summed E-state index contributed by atoms with van der Waals surface area (Å²) >= 11 is 0. The van der Waals surface area contributed by atoms with Gasteiger partial charge >= 0.3 is 0 Å². The molecule has 8 heteroatoms. The highest BCUT2D eigenvalue weighted by Gasteiger charge is 2.54. The molecule has 2 N–H and O–H groups in total. The molecular weight excluding hydrogens is 785 g/mol. The highest BCUT2D eigenvalue weighted by Crippen LogP contribution is 2.52. The minimum Gasteiger partial charge on any atom is -0.383 e. The fourth-order valence-corrected chi connectivity index (χ4v) is 9.55. The predicted octanol–water partition coefficient (Wildman–Crippen LogP) is 12.2. The van der Waals surface area contributed by atoms with E-state index in [0.717, 1.165) is 110 Å². The van der Waals surface area contributed by atoms with Crippen molar-refractivity contribution in [2.45, 2.75) is 109 Å². The third-order valence-corrected chi connectivity index (χ3v) is 14.1. The summed E-state index contributed by atoms with van der Waals surface area (Å²) in [6, 6.07) is 22.5. The Kier molecular flexibility index (Phi) is 14.2. The fraction of sp³-hybridized carbons (Fsp3) is 0.393. The topological polar surface area (TPSA) is 80.5 Å². The second kappa shape index (κ2) is 19.8. The molecule has 0 radical (unpaired) electrons. The molecule has 2 aliphatic heterocycles. The van der Waals surface area contributed by atoms with Gasteiger partial charge in [0.2, 0.25) is 0 Å². The Balaban J connectivity index is 1.26. The lowest BCUT2D eigenvalue weighted by molar-refractivity contribution is 0.199. The van der Waals surface area contributed by atoms with Crippen LogP contribution in [-0.4, -0.2) is 84.3 Å². The number of benzene rings is 2. The molecule has 0 bridgehead atoms. The molecule has 2 aliphatic carbocycles. The number of pyridine rings is 1. The van der Waals surface area contributed by atoms with Crippen molar-refractivity contribution in [2.75, 3.05) is 33.5 Å². The van der Waals surface area contributed by atoms with Gasteiger partial charge in [0, 0.05) is 98.7 Å². The van der Waals surface area contributed by atoms with Gasteiger partial charge in [-0.25, -0.2) is 9.98 Å². The molecule has 0 amide bonds. The number of rotatable bonds is 16. The van der Waals surface area contributed by atoms with Crippen LogP contribution in [0, 0.1) is 5.92 Å². The molecule has 3 heterocycles. The number of aliphatic imine (C=N–C) groups is 3. The van der Waals surface area contributed by atoms with Crippen molar-refractivity contribution in [3.63, 3.8) is 0 Å². The standard InChI is InChI=1S/C56H70N8/c1-12-39-25-27-48(28-26-39)61-54-50(40(13-2)34-57-8)29-30-52(62-54)45-22-17-21-44(32-45)51-37-64(11)55(6,7)56(51)33-46(35-58-56)49(15-4)53(60-47-23-18-24-47)59-38(5)42-19-16-20-43(31-42)41(14-3)36-63(9)10/h13-17,19-22,29-37,39,47-48,60H,3-4,12,18,23-28H2,1-2,5-11H3,(H,61,62)/b40-13+,41-36+,53-49-,57-34?,59-38+. The summed E-state index contributed by atoms with van der Waals surface area (Å²) in [5, 5.41) is 7.72. The largest absolute Gasteiger partial charge is 0.383 e. The van der Waals surface area contributed by atoms with Gasteiger partial charge in [0.05, 0.1) is 11.2 Å². The monoisotopic (exact) mass is 855 g/mol. The van der Waals surface area contributed by atoms with Crippen LogP contribution in [0.2, 0.25) is 0 Å². The fourth-order valence-electron chi connectivity index (χ4n) is 9.55. The summed E-state index contributed by atoms with van der Waals surface area (Å²) in [7, 11) is 8.04. The van der Waals surface area contributed by atoms with Gasteiger partial charge in [-0.2, -0.15) is 0 Å². The predicted molar refractivity (Wildman–Crippen MR) is 275 cm³/mol. The summed E-state index contributed by atoms with van der Waals surface area (Å²) < 4.78 is 0. The molecule has 2 fully saturated rings. The smallest absolute Gasteiger partial charge is 0.134 e. The first-order valence-corrected chi connectivity index (χ1v) is 23.4. The molecule has 1 unspecified atom stereocenters. The van der Waals surface area contributed by atoms with Crippen LogP contribution < -0.4 is 10.6 Å². The molecule has 334 valence electrons. The second-order valence-corrected chi connectivity index (χ2v) is 18.7. The van der Waals surface area contributed by atoms with Crippen molar-refractivity contribution < 1.29 is 0 Å². The van der Waals surface area contributed by atoms with Crippen molar-refractivity contribution in [3.05, 3.63) is 150 Å². The van der Waals surface area contributed by atoms with Crippen molar-refractivity contribution >= 4 is 40.7 Å². The third-order valence-electron chi connectivity index (χ3n) is 14.1. The molecule has 1 atom stereocenters. The quantitative estimate of drug-likeness (QED) is 0.111. The van der Waals surface area contributed by atoms with Crippen LogP contribution in [0.25, 0.3) is 28.0 Å². The molecule has 1 spiro atoms. The summed E-state index contributed by atoms with van der Waals surface area (Å²) in [5.41, 5.74) is 11.4. The molecule has 0 saturated heterocycles. The highest BCUT2D eigenvalue weighted by atomic mass is 15.2. The lowest BCUT2D eigenvalue weighted by Crippen LogP contribution is -2.51. The minimum atomic E-state index is -0.667. The first-order valence-electron chi connectivity index (χ1n) is 23.4. The molecule has 1 aromatic heterocycles. The molecule has 2 saturated carbocycles. The lowest BCUT2D eigenvalue weighted by atomic mass is 9.74. The number of aromatic nitrogens is 1. The van der Waals surface area contributed by atoms with Crippen LogP contribution >= 0.6 is 0 Å². The average Bonchev–Trinajstić information content (AvgIpc) is 3.81. The van der Waals surface area contributed by atoms with Crippen molar-refractivity contribution in [2.24, 2.45) is 20.9 Å². The summed E-state index contributed by atoms with van der Waals surface area (Å²) in [6.07, 6.45) is 26.2. The van der Waals surface area contributed by atoms with Gasteiger partial charge in [-0.05, 0) is 137 Å². The van der Waals surface area contributed by atoms with E-state index in [1.54, 1.807) is 0 Å². The Bertz CT molecular complexity index is 2480. The second-order valence-electron chi connectivity index (χ2n) is 18.7. The maximum atomic E-state index is 5.48. The van der Waals surface area contributed by atoms with Gasteiger partial charge in [-0.15, -0.1) is 0 Å². The SMILES string of the molecule is C=C/C(=C\N(C)C)c1cccc(/C(C)=N/C(NC2CCC2)=C(\C=C)C2=CC3(N=C2)C(c2cccc(-c4ccc(/C(C=NC)=C/C)c(NC5CCC(CC)CC5)n4)c2)=CN(C)C3(C)C)c1. The number of nitrogens with one attached hydrogen (secondary N) is 2. The minimum absolute atomic E-state index is 0.363. The number of hydrogen-bond donors (Lipinski definition) is 2. The first kappa shape index (κ1) is 46.0. The Morgan fingerprint density at radius 2 is 1.66 bits per heavy atom. The highest BCUT2D eigenvalue weighted by molar-refractivity contribution is 6.11. The van der Waals surface area contributed by atoms with E-state index in [4.69, 9.17) is 15.0 Å². The van der Waals surface area contributed by atoms with E-state index >= 15 is 0 Å². The van der Waals surface area contributed by atoms with Crippen LogP contribution in [0.1, 0.15) is 108 Å². The van der Waals surface area contributed by atoms with Crippen molar-refractivity contribution in [3.8, 4) is 11.3 Å². The molecule has 64 heavy (non-hydrogen) atoms. The summed E-state index contributed by atoms with van der Waals surface area (Å²) in [6.45, 7) is 19.5. The number of allylic oxidation sites excluding steroid dienone is 7. The lowest BCUT2D eigenvalue weighted by Gasteiger charge is -2.41. The van der Waals surface area contributed by atoms with Gasteiger partial charge < -0.3 is 20.4 Å². The zero-order valence-corrected chi connectivity index (χ0v) is 39.9. The number of hydrogen-bond acceptors (Lipinski definition) is 8. The first-order chi connectivity index (χ1) is 30.8. The maximum absolute atomic E-state index is 5.48. The molecule has 8 nitrogen and oxygen atoms in total. The number of anilines is 1. The number of nitrogens with zero attached hydrogens (tertiary/aromatic N) is 6. The van der Waals surface area contributed by atoms with Gasteiger partial charge in [0.1, 0.15) is 17.2 Å². The van der Waals surface area contributed by atoms with Crippen LogP contribution in [-0.2, 0) is 0 Å². The van der Waals surface area contributed by atoms with Crippen LogP contribution in [0.15, 0.2) is 142 Å². The van der Waals surface area contributed by atoms with E-state index in [1.807, 2.05) is 50.6 Å². The van der Waals surface area contributed by atoms with Gasteiger partial charge in [-0.3, -0.25) is 9.98 Å². The van der Waals surface area contributed by atoms with E-state index < -0.39 is 5.54 Å². The normalized spacial score (nSPS) is 22.9. The Morgan fingerprint density at radius 1 is 0.922 bits per heavy atom. The third kappa shape index (κ3) is 9.43. The Morgan fingerprint density at radius 3 is 2.31 bits per heavy atom. The van der Waals surface area contributed by atoms with E-state index in [-0.39, 0.29) is 5.54 Å². The van der Waals surface area contributed by atoms with E-state index in [1.165, 1.54) is 25.7 Å². The number of likely N-dealkylation sites (N-methyl/N-ethyl adjacent to an activating group) is 1. The van der Waals surface area contributed by atoms with Gasteiger partial charge in [0.15, 0.2) is 0 Å². The zero-order valence-electron chi connectivity index (χ0n) is 39.9. The van der Waals surface area contributed by atoms with Gasteiger partial charge in [-0.1, -0.05) is 81.1 Å². The molecule has 4 aliphatic rings. The average molecular weight is 855 g/mol. The van der Waals surface area contributed by atoms with E-state index in [0.29, 0.717) is 12.1 Å². The molecule has 7 rings (SSSR count). The summed E-state index contributed by atoms with van der Waals surface area (Å²) in [5.74, 6) is 2.57. The molecule has 3 aromatic rings. The van der Waals surface area contributed by atoms with Gasteiger partial charge in [0.25, 0.3) is 0 Å². The van der Waals surface area contributed by atoms with Crippen molar-refractivity contribution in [1.29, 1.82) is 0 Å². The summed E-state index contributed by atoms with van der Waals surface area (Å²) in [4.78, 5) is 24.9.